The van der Waals surface area contributed by atoms with Crippen molar-refractivity contribution in [1.29, 1.82) is 0 Å². The first-order valence-corrected chi connectivity index (χ1v) is 6.86. The number of carbonyl (C=O) groups excluding carboxylic acids is 1. The van der Waals surface area contributed by atoms with Gasteiger partial charge in [-0.1, -0.05) is 26.7 Å². The van der Waals surface area contributed by atoms with Gasteiger partial charge in [0.1, 0.15) is 0 Å². The zero-order valence-corrected chi connectivity index (χ0v) is 12.0. The molecule has 0 aromatic rings. The molecular weight excluding hydrogens is 246 g/mol. The Balaban J connectivity index is 2.53. The van der Waals surface area contributed by atoms with Crippen LogP contribution in [0.3, 0.4) is 0 Å². The van der Waals surface area contributed by atoms with E-state index >= 15 is 0 Å². The summed E-state index contributed by atoms with van der Waals surface area (Å²) >= 11 is 0. The second-order valence-corrected chi connectivity index (χ2v) is 6.57. The second-order valence-electron chi connectivity index (χ2n) is 6.57. The molecule has 1 rings (SSSR count). The number of hydrogen-bond donors (Lipinski definition) is 3. The number of aliphatic carboxylic acids is 1. The maximum absolute atomic E-state index is 12.2. The van der Waals surface area contributed by atoms with Crippen molar-refractivity contribution in [2.45, 2.75) is 58.5 Å². The predicted octanol–water partition coefficient (Wildman–Crippen LogP) is 1.54. The van der Waals surface area contributed by atoms with E-state index in [1.54, 1.807) is 0 Å². The van der Waals surface area contributed by atoms with E-state index in [1.165, 1.54) is 6.92 Å². The van der Waals surface area contributed by atoms with Crippen molar-refractivity contribution in [3.8, 4) is 0 Å². The first-order chi connectivity index (χ1) is 8.64. The predicted molar refractivity (Wildman–Crippen MR) is 71.6 cm³/mol. The molecule has 5 heteroatoms. The number of rotatable bonds is 5. The monoisotopic (exact) mass is 271 g/mol. The van der Waals surface area contributed by atoms with Crippen molar-refractivity contribution in [2.24, 2.45) is 11.3 Å². The van der Waals surface area contributed by atoms with Crippen molar-refractivity contribution in [2.75, 3.05) is 6.54 Å². The number of carboxylic acids is 1. The van der Waals surface area contributed by atoms with E-state index in [0.717, 1.165) is 25.7 Å². The maximum atomic E-state index is 12.2. The summed E-state index contributed by atoms with van der Waals surface area (Å²) in [6.45, 7) is 5.58. The third-order valence-electron chi connectivity index (χ3n) is 4.00. The Morgan fingerprint density at radius 2 is 2.00 bits per heavy atom. The van der Waals surface area contributed by atoms with E-state index in [4.69, 9.17) is 5.11 Å². The van der Waals surface area contributed by atoms with Gasteiger partial charge in [0.05, 0.1) is 12.0 Å². The first-order valence-electron chi connectivity index (χ1n) is 6.86. The summed E-state index contributed by atoms with van der Waals surface area (Å²) in [5.74, 6) is -1.20. The highest BCUT2D eigenvalue weighted by molar-refractivity contribution is 5.79. The van der Waals surface area contributed by atoms with Gasteiger partial charge in [0, 0.05) is 12.5 Å². The summed E-state index contributed by atoms with van der Waals surface area (Å²) in [4.78, 5) is 22.8. The molecule has 0 bridgehead atoms. The molecule has 1 fully saturated rings. The van der Waals surface area contributed by atoms with Crippen molar-refractivity contribution < 1.29 is 19.8 Å². The molecule has 1 saturated carbocycles. The highest BCUT2D eigenvalue weighted by Crippen LogP contribution is 2.40. The van der Waals surface area contributed by atoms with Crippen LogP contribution in [-0.2, 0) is 9.59 Å². The van der Waals surface area contributed by atoms with Gasteiger partial charge in [-0.2, -0.15) is 0 Å². The number of carbonyl (C=O) groups is 2. The van der Waals surface area contributed by atoms with E-state index in [9.17, 15) is 14.7 Å². The van der Waals surface area contributed by atoms with E-state index in [2.05, 4.69) is 19.2 Å². The van der Waals surface area contributed by atoms with Gasteiger partial charge < -0.3 is 15.5 Å². The quantitative estimate of drug-likeness (QED) is 0.708. The molecule has 5 nitrogen and oxygen atoms in total. The minimum Gasteiger partial charge on any atom is -0.481 e. The van der Waals surface area contributed by atoms with Gasteiger partial charge in [0.2, 0.25) is 5.91 Å². The molecule has 1 aliphatic carbocycles. The molecule has 0 aromatic carbocycles. The summed E-state index contributed by atoms with van der Waals surface area (Å²) in [5.41, 5.74) is -1.43. The topological polar surface area (TPSA) is 86.6 Å². The molecular formula is C14H25NO4. The van der Waals surface area contributed by atoms with E-state index in [-0.39, 0.29) is 30.2 Å². The fourth-order valence-electron chi connectivity index (χ4n) is 2.77. The summed E-state index contributed by atoms with van der Waals surface area (Å²) in [6, 6.07) is 0. The van der Waals surface area contributed by atoms with Crippen molar-refractivity contribution in [3.63, 3.8) is 0 Å². The minimum absolute atomic E-state index is 0.0231. The van der Waals surface area contributed by atoms with Crippen LogP contribution < -0.4 is 5.32 Å². The lowest BCUT2D eigenvalue weighted by atomic mass is 9.68. The highest BCUT2D eigenvalue weighted by atomic mass is 16.4. The maximum Gasteiger partial charge on any atom is 0.306 e. The molecule has 0 saturated heterocycles. The van der Waals surface area contributed by atoms with Crippen LogP contribution in [-0.4, -0.2) is 34.2 Å². The summed E-state index contributed by atoms with van der Waals surface area (Å²) in [6.07, 6.45) is 3.71. The zero-order valence-electron chi connectivity index (χ0n) is 12.0. The molecule has 0 aromatic heterocycles. The lowest BCUT2D eigenvalue weighted by molar-refractivity contribution is -0.143. The lowest BCUT2D eigenvalue weighted by Crippen LogP contribution is -2.47. The Hall–Kier alpha value is -1.10. The second kappa shape index (κ2) is 5.90. The Bertz CT molecular complexity index is 349. The van der Waals surface area contributed by atoms with Crippen LogP contribution in [0.2, 0.25) is 0 Å². The molecule has 1 aliphatic rings. The van der Waals surface area contributed by atoms with E-state index in [1.807, 2.05) is 0 Å². The molecule has 0 heterocycles. The number of hydrogen-bond acceptors (Lipinski definition) is 3. The van der Waals surface area contributed by atoms with Gasteiger partial charge in [-0.25, -0.2) is 0 Å². The molecule has 2 atom stereocenters. The van der Waals surface area contributed by atoms with Gasteiger partial charge in [0.25, 0.3) is 0 Å². The molecule has 2 unspecified atom stereocenters. The summed E-state index contributed by atoms with van der Waals surface area (Å²) in [5, 5.41) is 21.2. The van der Waals surface area contributed by atoms with E-state index in [0.29, 0.717) is 0 Å². The number of nitrogens with one attached hydrogen (secondary N) is 1. The normalized spacial score (nSPS) is 25.4. The third kappa shape index (κ3) is 4.82. The number of amides is 1. The Kier molecular flexibility index (Phi) is 4.96. The Morgan fingerprint density at radius 3 is 2.53 bits per heavy atom. The van der Waals surface area contributed by atoms with E-state index < -0.39 is 11.6 Å². The van der Waals surface area contributed by atoms with Gasteiger partial charge in [-0.15, -0.1) is 0 Å². The lowest BCUT2D eigenvalue weighted by Gasteiger charge is -2.38. The Labute approximate surface area is 114 Å². The standard InChI is InChI=1S/C14H25NO4/c1-13(2)7-5-4-6-10(13)12(18)15-9-14(3,19)8-11(16)17/h10,19H,4-9H2,1-3H3,(H,15,18)(H,16,17). The third-order valence-corrected chi connectivity index (χ3v) is 4.00. The van der Waals surface area contributed by atoms with Crippen LogP contribution in [0.25, 0.3) is 0 Å². The molecule has 0 aliphatic heterocycles. The number of carboxylic acid groups (broad SMARTS) is 1. The minimum atomic E-state index is -1.40. The van der Waals surface area contributed by atoms with Crippen LogP contribution in [0.5, 0.6) is 0 Å². The highest BCUT2D eigenvalue weighted by Gasteiger charge is 2.37. The molecule has 0 radical (unpaired) electrons. The van der Waals surface area contributed by atoms with Crippen molar-refractivity contribution in [1.82, 2.24) is 5.32 Å². The number of aliphatic hydroxyl groups is 1. The van der Waals surface area contributed by atoms with Gasteiger partial charge in [-0.05, 0) is 25.2 Å². The van der Waals surface area contributed by atoms with Gasteiger partial charge in [-0.3, -0.25) is 9.59 Å². The zero-order chi connectivity index (χ0) is 14.7. The molecule has 3 N–H and O–H groups in total. The fourth-order valence-corrected chi connectivity index (χ4v) is 2.77. The molecule has 110 valence electrons. The van der Waals surface area contributed by atoms with Crippen LogP contribution in [0.15, 0.2) is 0 Å². The summed E-state index contributed by atoms with van der Waals surface area (Å²) < 4.78 is 0. The average molecular weight is 271 g/mol. The van der Waals surface area contributed by atoms with Gasteiger partial charge >= 0.3 is 5.97 Å². The SMILES string of the molecule is CC(O)(CNC(=O)C1CCCCC1(C)C)CC(=O)O. The molecule has 0 spiro atoms. The van der Waals surface area contributed by atoms with Crippen molar-refractivity contribution in [3.05, 3.63) is 0 Å². The van der Waals surface area contributed by atoms with Crippen LogP contribution in [0.1, 0.15) is 52.9 Å². The summed E-state index contributed by atoms with van der Waals surface area (Å²) in [7, 11) is 0. The molecule has 19 heavy (non-hydrogen) atoms. The molecule has 1 amide bonds. The Morgan fingerprint density at radius 1 is 1.37 bits per heavy atom. The van der Waals surface area contributed by atoms with Crippen molar-refractivity contribution >= 4 is 11.9 Å². The largest absolute Gasteiger partial charge is 0.481 e. The van der Waals surface area contributed by atoms with Gasteiger partial charge in [0.15, 0.2) is 0 Å². The van der Waals surface area contributed by atoms with Crippen LogP contribution in [0, 0.1) is 11.3 Å². The average Bonchev–Trinajstić information content (AvgIpc) is 2.23. The first kappa shape index (κ1) is 16.0. The smallest absolute Gasteiger partial charge is 0.306 e. The van der Waals surface area contributed by atoms with Crippen LogP contribution in [0.4, 0.5) is 0 Å². The van der Waals surface area contributed by atoms with Crippen LogP contribution >= 0.6 is 0 Å². The fraction of sp³-hybridized carbons (Fsp3) is 0.857.